The van der Waals surface area contributed by atoms with Crippen molar-refractivity contribution in [3.05, 3.63) is 29.8 Å². The second-order valence-electron chi connectivity index (χ2n) is 5.76. The molecular weight excluding hydrogens is 330 g/mol. The standard InChI is InChI=1S/C16H25N3O4S/c1-14-2-4-15(5-3-14)24(21,22)18-7-6-16(20)17-8-9-19-10-12-23-13-11-19/h2-5,18H,6-13H2,1H3,(H,17,20). The van der Waals surface area contributed by atoms with Crippen molar-refractivity contribution in [2.24, 2.45) is 0 Å². The molecule has 0 bridgehead atoms. The third-order valence-electron chi connectivity index (χ3n) is 3.83. The fraction of sp³-hybridized carbons (Fsp3) is 0.562. The van der Waals surface area contributed by atoms with Gasteiger partial charge >= 0.3 is 0 Å². The van der Waals surface area contributed by atoms with Crippen molar-refractivity contribution in [3.8, 4) is 0 Å². The van der Waals surface area contributed by atoms with E-state index in [1.54, 1.807) is 24.3 Å². The summed E-state index contributed by atoms with van der Waals surface area (Å²) < 4.78 is 31.9. The Morgan fingerprint density at radius 2 is 1.83 bits per heavy atom. The largest absolute Gasteiger partial charge is 0.379 e. The highest BCUT2D eigenvalue weighted by Gasteiger charge is 2.14. The van der Waals surface area contributed by atoms with E-state index >= 15 is 0 Å². The first-order valence-corrected chi connectivity index (χ1v) is 9.59. The predicted octanol–water partition coefficient (Wildman–Crippen LogP) is 0.112. The van der Waals surface area contributed by atoms with E-state index in [-0.39, 0.29) is 23.8 Å². The van der Waals surface area contributed by atoms with E-state index in [1.807, 2.05) is 6.92 Å². The highest BCUT2D eigenvalue weighted by molar-refractivity contribution is 7.89. The Labute approximate surface area is 143 Å². The van der Waals surface area contributed by atoms with Gasteiger partial charge in [0.1, 0.15) is 0 Å². The lowest BCUT2D eigenvalue weighted by Crippen LogP contribution is -2.41. The molecule has 2 rings (SSSR count). The zero-order valence-corrected chi connectivity index (χ0v) is 14.8. The van der Waals surface area contributed by atoms with Gasteiger partial charge in [-0.1, -0.05) is 17.7 Å². The molecule has 0 spiro atoms. The highest BCUT2D eigenvalue weighted by Crippen LogP contribution is 2.09. The van der Waals surface area contributed by atoms with Gasteiger partial charge in [-0.05, 0) is 19.1 Å². The number of nitrogens with zero attached hydrogens (tertiary/aromatic N) is 1. The third kappa shape index (κ3) is 6.20. The SMILES string of the molecule is Cc1ccc(S(=O)(=O)NCCC(=O)NCCN2CCOCC2)cc1. The normalized spacial score (nSPS) is 16.0. The summed E-state index contributed by atoms with van der Waals surface area (Å²) in [6, 6.07) is 6.60. The van der Waals surface area contributed by atoms with Gasteiger partial charge in [-0.25, -0.2) is 13.1 Å². The molecular formula is C16H25N3O4S. The summed E-state index contributed by atoms with van der Waals surface area (Å²) in [5.41, 5.74) is 0.994. The molecule has 24 heavy (non-hydrogen) atoms. The first kappa shape index (κ1) is 18.9. The van der Waals surface area contributed by atoms with Gasteiger partial charge in [0, 0.05) is 39.1 Å². The summed E-state index contributed by atoms with van der Waals surface area (Å²) in [6.07, 6.45) is 0.119. The van der Waals surface area contributed by atoms with Crippen LogP contribution in [0, 0.1) is 6.92 Å². The quantitative estimate of drug-likeness (QED) is 0.691. The Kier molecular flexibility index (Phi) is 7.16. The van der Waals surface area contributed by atoms with E-state index in [4.69, 9.17) is 4.74 Å². The fourth-order valence-electron chi connectivity index (χ4n) is 2.37. The predicted molar refractivity (Wildman–Crippen MR) is 91.3 cm³/mol. The molecule has 1 aromatic rings. The minimum absolute atomic E-state index is 0.0829. The van der Waals surface area contributed by atoms with Crippen LogP contribution in [0.15, 0.2) is 29.2 Å². The molecule has 0 aliphatic carbocycles. The minimum Gasteiger partial charge on any atom is -0.379 e. The van der Waals surface area contributed by atoms with Gasteiger partial charge in [0.2, 0.25) is 15.9 Å². The minimum atomic E-state index is -3.56. The molecule has 0 aromatic heterocycles. The number of hydrogen-bond donors (Lipinski definition) is 2. The van der Waals surface area contributed by atoms with E-state index in [9.17, 15) is 13.2 Å². The summed E-state index contributed by atoms with van der Waals surface area (Å²) >= 11 is 0. The number of hydrogen-bond acceptors (Lipinski definition) is 5. The first-order chi connectivity index (χ1) is 11.5. The van der Waals surface area contributed by atoms with Crippen molar-refractivity contribution in [1.29, 1.82) is 0 Å². The molecule has 2 N–H and O–H groups in total. The molecule has 134 valence electrons. The molecule has 8 heteroatoms. The molecule has 1 aromatic carbocycles. The molecule has 1 aliphatic rings. The molecule has 1 heterocycles. The lowest BCUT2D eigenvalue weighted by atomic mass is 10.2. The number of carbonyl (C=O) groups excluding carboxylic acids is 1. The van der Waals surface area contributed by atoms with Gasteiger partial charge in [-0.15, -0.1) is 0 Å². The number of amides is 1. The molecule has 0 atom stereocenters. The van der Waals surface area contributed by atoms with Crippen LogP contribution in [0.5, 0.6) is 0 Å². The Morgan fingerprint density at radius 3 is 2.50 bits per heavy atom. The van der Waals surface area contributed by atoms with Crippen LogP contribution in [0.2, 0.25) is 0 Å². The van der Waals surface area contributed by atoms with E-state index < -0.39 is 10.0 Å². The summed E-state index contributed by atoms with van der Waals surface area (Å²) in [5, 5.41) is 2.81. The van der Waals surface area contributed by atoms with E-state index in [1.165, 1.54) is 0 Å². The summed E-state index contributed by atoms with van der Waals surface area (Å²) in [6.45, 7) is 6.54. The maximum Gasteiger partial charge on any atom is 0.240 e. The number of morpholine rings is 1. The van der Waals surface area contributed by atoms with Gasteiger partial charge in [0.15, 0.2) is 0 Å². The Balaban J connectivity index is 1.65. The van der Waals surface area contributed by atoms with Crippen LogP contribution < -0.4 is 10.0 Å². The van der Waals surface area contributed by atoms with Gasteiger partial charge in [-0.2, -0.15) is 0 Å². The van der Waals surface area contributed by atoms with E-state index in [0.717, 1.165) is 38.4 Å². The van der Waals surface area contributed by atoms with Gasteiger partial charge in [-0.3, -0.25) is 9.69 Å². The van der Waals surface area contributed by atoms with Crippen molar-refractivity contribution in [2.75, 3.05) is 45.9 Å². The van der Waals surface area contributed by atoms with Crippen LogP contribution in [-0.4, -0.2) is 65.2 Å². The Morgan fingerprint density at radius 1 is 1.17 bits per heavy atom. The lowest BCUT2D eigenvalue weighted by molar-refractivity contribution is -0.121. The Bertz CT molecular complexity index is 625. The maximum absolute atomic E-state index is 12.1. The average Bonchev–Trinajstić information content (AvgIpc) is 2.56. The van der Waals surface area contributed by atoms with Gasteiger partial charge in [0.05, 0.1) is 18.1 Å². The number of benzene rings is 1. The van der Waals surface area contributed by atoms with Crippen LogP contribution in [0.4, 0.5) is 0 Å². The van der Waals surface area contributed by atoms with Crippen LogP contribution in [0.3, 0.4) is 0 Å². The maximum atomic E-state index is 12.1. The van der Waals surface area contributed by atoms with E-state index in [0.29, 0.717) is 6.54 Å². The molecule has 1 aliphatic heterocycles. The average molecular weight is 355 g/mol. The van der Waals surface area contributed by atoms with Crippen LogP contribution in [0.1, 0.15) is 12.0 Å². The lowest BCUT2D eigenvalue weighted by Gasteiger charge is -2.26. The molecule has 0 saturated carbocycles. The zero-order chi connectivity index (χ0) is 17.4. The van der Waals surface area contributed by atoms with Crippen molar-refractivity contribution >= 4 is 15.9 Å². The second-order valence-corrected chi connectivity index (χ2v) is 7.53. The monoisotopic (exact) mass is 355 g/mol. The fourth-order valence-corrected chi connectivity index (χ4v) is 3.40. The zero-order valence-electron chi connectivity index (χ0n) is 14.0. The smallest absolute Gasteiger partial charge is 0.240 e. The van der Waals surface area contributed by atoms with Gasteiger partial charge < -0.3 is 10.1 Å². The molecule has 1 fully saturated rings. The summed E-state index contributed by atoms with van der Waals surface area (Å²) in [4.78, 5) is 14.2. The molecule has 0 unspecified atom stereocenters. The van der Waals surface area contributed by atoms with Crippen molar-refractivity contribution in [3.63, 3.8) is 0 Å². The number of rotatable bonds is 8. The van der Waals surface area contributed by atoms with Crippen LogP contribution in [-0.2, 0) is 19.6 Å². The highest BCUT2D eigenvalue weighted by atomic mass is 32.2. The van der Waals surface area contributed by atoms with Crippen LogP contribution in [0.25, 0.3) is 0 Å². The first-order valence-electron chi connectivity index (χ1n) is 8.10. The Hall–Kier alpha value is -1.48. The second kappa shape index (κ2) is 9.12. The van der Waals surface area contributed by atoms with Gasteiger partial charge in [0.25, 0.3) is 0 Å². The van der Waals surface area contributed by atoms with Crippen molar-refractivity contribution in [2.45, 2.75) is 18.2 Å². The van der Waals surface area contributed by atoms with Crippen LogP contribution >= 0.6 is 0 Å². The third-order valence-corrected chi connectivity index (χ3v) is 5.31. The number of ether oxygens (including phenoxy) is 1. The molecule has 0 radical (unpaired) electrons. The number of carbonyl (C=O) groups is 1. The number of nitrogens with one attached hydrogen (secondary N) is 2. The molecule has 1 saturated heterocycles. The summed E-state index contributed by atoms with van der Waals surface area (Å²) in [5.74, 6) is -0.158. The van der Waals surface area contributed by atoms with E-state index in [2.05, 4.69) is 14.9 Å². The van der Waals surface area contributed by atoms with Crippen molar-refractivity contribution in [1.82, 2.24) is 14.9 Å². The summed E-state index contributed by atoms with van der Waals surface area (Å²) in [7, 11) is -3.56. The molecule has 1 amide bonds. The number of aryl methyl sites for hydroxylation is 1. The number of sulfonamides is 1. The topological polar surface area (TPSA) is 87.7 Å². The van der Waals surface area contributed by atoms with Crippen molar-refractivity contribution < 1.29 is 17.9 Å². The molecule has 7 nitrogen and oxygen atoms in total.